The number of carbonyl (C=O) groups excluding carboxylic acids is 1. The van der Waals surface area contributed by atoms with Gasteiger partial charge < -0.3 is 19.5 Å². The Morgan fingerprint density at radius 2 is 1.88 bits per heavy atom. The van der Waals surface area contributed by atoms with E-state index in [1.54, 1.807) is 38.3 Å². The second-order valence-electron chi connectivity index (χ2n) is 5.13. The van der Waals surface area contributed by atoms with Gasteiger partial charge >= 0.3 is 0 Å². The zero-order valence-electron chi connectivity index (χ0n) is 13.9. The average Bonchev–Trinajstić information content (AvgIpc) is 2.62. The first-order valence-electron chi connectivity index (χ1n) is 7.66. The first-order valence-corrected chi connectivity index (χ1v) is 8.42. The summed E-state index contributed by atoms with van der Waals surface area (Å²) < 4.78 is 16.2. The number of nitrogens with one attached hydrogen (secondary N) is 1. The molecule has 0 bridgehead atoms. The molecule has 0 aromatic heterocycles. The topological polar surface area (TPSA) is 56.8 Å². The Balaban J connectivity index is 1.76. The van der Waals surface area contributed by atoms with Crippen LogP contribution >= 0.6 is 23.2 Å². The van der Waals surface area contributed by atoms with Gasteiger partial charge in [-0.25, -0.2) is 0 Å². The minimum Gasteiger partial charge on any atom is -0.497 e. The van der Waals surface area contributed by atoms with Crippen molar-refractivity contribution >= 4 is 29.1 Å². The molecule has 7 heteroatoms. The molecule has 1 atom stereocenters. The van der Waals surface area contributed by atoms with Gasteiger partial charge in [-0.3, -0.25) is 4.79 Å². The van der Waals surface area contributed by atoms with Crippen molar-refractivity contribution in [3.63, 3.8) is 0 Å². The number of carbonyl (C=O) groups is 1. The van der Waals surface area contributed by atoms with E-state index in [-0.39, 0.29) is 10.9 Å². The molecule has 0 aliphatic heterocycles. The molecule has 2 aromatic rings. The van der Waals surface area contributed by atoms with E-state index in [0.717, 1.165) is 0 Å². The fraction of sp³-hybridized carbons (Fsp3) is 0.278. The van der Waals surface area contributed by atoms with E-state index < -0.39 is 6.10 Å². The third kappa shape index (κ3) is 5.73. The van der Waals surface area contributed by atoms with Crippen LogP contribution in [0.4, 0.5) is 0 Å². The van der Waals surface area contributed by atoms with E-state index in [2.05, 4.69) is 5.32 Å². The van der Waals surface area contributed by atoms with E-state index in [1.807, 2.05) is 18.2 Å². The second kappa shape index (κ2) is 9.39. The minimum atomic E-state index is -0.715. The Morgan fingerprint density at radius 1 is 1.16 bits per heavy atom. The summed E-state index contributed by atoms with van der Waals surface area (Å²) in [5, 5.41) is 3.40. The first-order chi connectivity index (χ1) is 12.0. The summed E-state index contributed by atoms with van der Waals surface area (Å²) >= 11 is 12.0. The van der Waals surface area contributed by atoms with E-state index in [9.17, 15) is 4.79 Å². The van der Waals surface area contributed by atoms with Crippen LogP contribution in [0.3, 0.4) is 0 Å². The number of hydrogen-bond acceptors (Lipinski definition) is 4. The molecule has 1 unspecified atom stereocenters. The maximum Gasteiger partial charge on any atom is 0.260 e. The molecule has 0 radical (unpaired) electrons. The maximum atomic E-state index is 12.1. The van der Waals surface area contributed by atoms with Crippen LogP contribution in [-0.4, -0.2) is 32.3 Å². The van der Waals surface area contributed by atoms with Crippen LogP contribution < -0.4 is 19.5 Å². The molecule has 0 heterocycles. The fourth-order valence-electron chi connectivity index (χ4n) is 2.00. The number of ether oxygens (including phenoxy) is 3. The highest BCUT2D eigenvalue weighted by atomic mass is 35.5. The summed E-state index contributed by atoms with van der Waals surface area (Å²) in [5.74, 6) is 1.47. The van der Waals surface area contributed by atoms with Gasteiger partial charge in [0.1, 0.15) is 28.9 Å². The molecule has 0 saturated carbocycles. The molecule has 2 aromatic carbocycles. The lowest BCUT2D eigenvalue weighted by Crippen LogP contribution is -2.38. The Kier molecular flexibility index (Phi) is 7.22. The molecule has 0 aliphatic carbocycles. The fourth-order valence-corrected chi connectivity index (χ4v) is 2.33. The van der Waals surface area contributed by atoms with Crippen LogP contribution in [0.15, 0.2) is 42.5 Å². The molecule has 0 spiro atoms. The van der Waals surface area contributed by atoms with Crippen LogP contribution in [0, 0.1) is 0 Å². The van der Waals surface area contributed by atoms with Crippen molar-refractivity contribution in [1.82, 2.24) is 5.32 Å². The molecule has 134 valence electrons. The van der Waals surface area contributed by atoms with Gasteiger partial charge in [0, 0.05) is 6.07 Å². The summed E-state index contributed by atoms with van der Waals surface area (Å²) in [6.07, 6.45) is -0.715. The largest absolute Gasteiger partial charge is 0.497 e. The van der Waals surface area contributed by atoms with Crippen molar-refractivity contribution in [3.05, 3.63) is 52.5 Å². The van der Waals surface area contributed by atoms with Crippen molar-refractivity contribution in [3.8, 4) is 17.2 Å². The standard InChI is InChI=1S/C18H19Cl2NO4/c1-12(25-16-8-4-7-15(19)17(16)20)18(22)21-9-10-24-14-6-3-5-13(11-14)23-2/h3-8,11-12H,9-10H2,1-2H3,(H,21,22). The van der Waals surface area contributed by atoms with Gasteiger partial charge in [0.2, 0.25) is 0 Å². The summed E-state index contributed by atoms with van der Waals surface area (Å²) in [7, 11) is 1.59. The molecular formula is C18H19Cl2NO4. The highest BCUT2D eigenvalue weighted by molar-refractivity contribution is 6.42. The van der Waals surface area contributed by atoms with Crippen molar-refractivity contribution in [2.75, 3.05) is 20.3 Å². The van der Waals surface area contributed by atoms with Gasteiger partial charge in [-0.1, -0.05) is 35.3 Å². The summed E-state index contributed by atoms with van der Waals surface area (Å²) in [4.78, 5) is 12.1. The van der Waals surface area contributed by atoms with Gasteiger partial charge in [0.25, 0.3) is 5.91 Å². The molecule has 1 N–H and O–H groups in total. The molecule has 0 aliphatic rings. The highest BCUT2D eigenvalue weighted by Crippen LogP contribution is 2.32. The lowest BCUT2D eigenvalue weighted by atomic mass is 10.3. The summed E-state index contributed by atoms with van der Waals surface area (Å²) in [6.45, 7) is 2.30. The van der Waals surface area contributed by atoms with Crippen molar-refractivity contribution in [2.45, 2.75) is 13.0 Å². The predicted molar refractivity (Wildman–Crippen MR) is 98.1 cm³/mol. The van der Waals surface area contributed by atoms with E-state index in [1.165, 1.54) is 0 Å². The Labute approximate surface area is 156 Å². The molecule has 25 heavy (non-hydrogen) atoms. The van der Waals surface area contributed by atoms with Gasteiger partial charge in [-0.2, -0.15) is 0 Å². The maximum absolute atomic E-state index is 12.1. The minimum absolute atomic E-state index is 0.273. The van der Waals surface area contributed by atoms with Crippen LogP contribution in [-0.2, 0) is 4.79 Å². The number of amides is 1. The van der Waals surface area contributed by atoms with Gasteiger partial charge in [0.15, 0.2) is 6.10 Å². The van der Waals surface area contributed by atoms with Crippen LogP contribution in [0.2, 0.25) is 10.0 Å². The molecular weight excluding hydrogens is 365 g/mol. The Hall–Kier alpha value is -2.11. The normalized spacial score (nSPS) is 11.5. The Morgan fingerprint density at radius 3 is 2.64 bits per heavy atom. The zero-order chi connectivity index (χ0) is 18.2. The van der Waals surface area contributed by atoms with E-state index in [4.69, 9.17) is 37.4 Å². The zero-order valence-corrected chi connectivity index (χ0v) is 15.4. The highest BCUT2D eigenvalue weighted by Gasteiger charge is 2.16. The number of rotatable bonds is 8. The number of hydrogen-bond donors (Lipinski definition) is 1. The lowest BCUT2D eigenvalue weighted by molar-refractivity contribution is -0.127. The van der Waals surface area contributed by atoms with Crippen LogP contribution in [0.5, 0.6) is 17.2 Å². The number of methoxy groups -OCH3 is 1. The Bertz CT molecular complexity index is 724. The lowest BCUT2D eigenvalue weighted by Gasteiger charge is -2.16. The summed E-state index contributed by atoms with van der Waals surface area (Å²) in [6, 6.07) is 12.3. The molecule has 0 saturated heterocycles. The molecule has 0 fully saturated rings. The van der Waals surface area contributed by atoms with Crippen molar-refractivity contribution in [1.29, 1.82) is 0 Å². The molecule has 2 rings (SSSR count). The monoisotopic (exact) mass is 383 g/mol. The smallest absolute Gasteiger partial charge is 0.260 e. The average molecular weight is 384 g/mol. The van der Waals surface area contributed by atoms with Gasteiger partial charge in [0.05, 0.1) is 18.7 Å². The summed E-state index contributed by atoms with van der Waals surface area (Å²) in [5.41, 5.74) is 0. The van der Waals surface area contributed by atoms with Crippen molar-refractivity contribution < 1.29 is 19.0 Å². The van der Waals surface area contributed by atoms with E-state index in [0.29, 0.717) is 35.4 Å². The van der Waals surface area contributed by atoms with E-state index >= 15 is 0 Å². The SMILES string of the molecule is COc1cccc(OCCNC(=O)C(C)Oc2cccc(Cl)c2Cl)c1. The third-order valence-corrected chi connectivity index (χ3v) is 4.10. The first kappa shape index (κ1) is 19.2. The van der Waals surface area contributed by atoms with Gasteiger partial charge in [-0.15, -0.1) is 0 Å². The van der Waals surface area contributed by atoms with Crippen molar-refractivity contribution in [2.24, 2.45) is 0 Å². The number of halogens is 2. The quantitative estimate of drug-likeness (QED) is 0.700. The number of benzene rings is 2. The van der Waals surface area contributed by atoms with Crippen LogP contribution in [0.1, 0.15) is 6.92 Å². The predicted octanol–water partition coefficient (Wildman–Crippen LogP) is 3.96. The molecule has 1 amide bonds. The van der Waals surface area contributed by atoms with Gasteiger partial charge in [-0.05, 0) is 31.2 Å². The third-order valence-electron chi connectivity index (χ3n) is 3.30. The second-order valence-corrected chi connectivity index (χ2v) is 5.92. The van der Waals surface area contributed by atoms with Crippen LogP contribution in [0.25, 0.3) is 0 Å². The molecule has 5 nitrogen and oxygen atoms in total.